The molecule has 26 heavy (non-hydrogen) atoms. The van der Waals surface area contributed by atoms with Gasteiger partial charge in [-0.15, -0.1) is 11.3 Å². The van der Waals surface area contributed by atoms with Gasteiger partial charge in [0.2, 0.25) is 0 Å². The van der Waals surface area contributed by atoms with Crippen LogP contribution in [-0.4, -0.2) is 25.1 Å². The minimum Gasteiger partial charge on any atom is -0.298 e. The Balaban J connectivity index is 1.79. The van der Waals surface area contributed by atoms with Crippen LogP contribution < -0.4 is 5.32 Å². The first-order valence-corrected chi connectivity index (χ1v) is 10.7. The summed E-state index contributed by atoms with van der Waals surface area (Å²) >= 11 is 7.17. The first-order valence-electron chi connectivity index (χ1n) is 7.74. The van der Waals surface area contributed by atoms with E-state index in [0.29, 0.717) is 10.2 Å². The van der Waals surface area contributed by atoms with Gasteiger partial charge in [-0.3, -0.25) is 10.1 Å². The minimum atomic E-state index is -3.37. The molecule has 0 aliphatic heterocycles. The van der Waals surface area contributed by atoms with E-state index in [1.54, 1.807) is 31.2 Å². The molecule has 1 aromatic heterocycles. The molecular formula is C18H15ClN2O3S2. The highest BCUT2D eigenvalue weighted by Crippen LogP contribution is 2.26. The number of hydrogen-bond acceptors (Lipinski definition) is 5. The Morgan fingerprint density at radius 1 is 1.19 bits per heavy atom. The summed E-state index contributed by atoms with van der Waals surface area (Å²) in [5, 5.41) is 5.61. The third-order valence-electron chi connectivity index (χ3n) is 3.70. The van der Waals surface area contributed by atoms with Crippen LogP contribution in [0.5, 0.6) is 0 Å². The second-order valence-corrected chi connectivity index (χ2v) is 9.00. The fourth-order valence-corrected chi connectivity index (χ4v) is 4.02. The van der Waals surface area contributed by atoms with Crippen LogP contribution in [0, 0.1) is 0 Å². The Morgan fingerprint density at radius 3 is 2.62 bits per heavy atom. The first kappa shape index (κ1) is 18.6. The van der Waals surface area contributed by atoms with Gasteiger partial charge in [-0.05, 0) is 30.3 Å². The molecule has 0 unspecified atom stereocenters. The van der Waals surface area contributed by atoms with Crippen molar-refractivity contribution in [2.24, 2.45) is 0 Å². The highest BCUT2D eigenvalue weighted by Gasteiger charge is 2.15. The fourth-order valence-electron chi connectivity index (χ4n) is 2.25. The van der Waals surface area contributed by atoms with Crippen LogP contribution >= 0.6 is 22.9 Å². The molecule has 0 saturated heterocycles. The largest absolute Gasteiger partial charge is 0.298 e. The van der Waals surface area contributed by atoms with Crippen LogP contribution in [0.25, 0.3) is 11.3 Å². The summed E-state index contributed by atoms with van der Waals surface area (Å²) in [6.45, 7) is 1.57. The molecule has 0 fully saturated rings. The molecule has 0 bridgehead atoms. The second kappa shape index (κ2) is 7.57. The molecule has 1 amide bonds. The quantitative estimate of drug-likeness (QED) is 0.676. The molecule has 3 rings (SSSR count). The third kappa shape index (κ3) is 4.12. The van der Waals surface area contributed by atoms with Gasteiger partial charge in [0, 0.05) is 21.5 Å². The van der Waals surface area contributed by atoms with E-state index in [9.17, 15) is 13.2 Å². The lowest BCUT2D eigenvalue weighted by atomic mass is 10.2. The maximum absolute atomic E-state index is 12.4. The van der Waals surface area contributed by atoms with Crippen molar-refractivity contribution in [3.05, 3.63) is 64.5 Å². The lowest BCUT2D eigenvalue weighted by Crippen LogP contribution is -2.13. The van der Waals surface area contributed by atoms with Crippen molar-refractivity contribution in [1.29, 1.82) is 0 Å². The van der Waals surface area contributed by atoms with Gasteiger partial charge in [0.1, 0.15) is 0 Å². The molecule has 3 aromatic rings. The molecule has 2 aromatic carbocycles. The van der Waals surface area contributed by atoms with E-state index >= 15 is 0 Å². The van der Waals surface area contributed by atoms with Crippen molar-refractivity contribution in [2.75, 3.05) is 11.1 Å². The smallest absolute Gasteiger partial charge is 0.257 e. The SMILES string of the molecule is CCS(=O)(=O)c1cccc(C(=O)Nc2nc(-c3ccc(Cl)cc3)cs2)c1. The van der Waals surface area contributed by atoms with Crippen LogP contribution in [0.3, 0.4) is 0 Å². The number of hydrogen-bond donors (Lipinski definition) is 1. The number of benzene rings is 2. The molecule has 1 N–H and O–H groups in total. The van der Waals surface area contributed by atoms with Gasteiger partial charge in [-0.2, -0.15) is 0 Å². The molecule has 0 aliphatic carbocycles. The van der Waals surface area contributed by atoms with Gasteiger partial charge in [0.05, 0.1) is 16.3 Å². The summed E-state index contributed by atoms with van der Waals surface area (Å²) in [5.74, 6) is -0.426. The number of sulfone groups is 1. The zero-order chi connectivity index (χ0) is 18.7. The maximum atomic E-state index is 12.4. The number of carbonyl (C=O) groups is 1. The molecule has 0 saturated carbocycles. The number of rotatable bonds is 5. The summed E-state index contributed by atoms with van der Waals surface area (Å²) in [6.07, 6.45) is 0. The molecule has 134 valence electrons. The number of carbonyl (C=O) groups excluding carboxylic acids is 1. The van der Waals surface area contributed by atoms with Gasteiger partial charge < -0.3 is 0 Å². The lowest BCUT2D eigenvalue weighted by Gasteiger charge is -2.05. The van der Waals surface area contributed by atoms with E-state index < -0.39 is 15.7 Å². The molecule has 5 nitrogen and oxygen atoms in total. The van der Waals surface area contributed by atoms with E-state index in [2.05, 4.69) is 10.3 Å². The Morgan fingerprint density at radius 2 is 1.92 bits per heavy atom. The fraction of sp³-hybridized carbons (Fsp3) is 0.111. The maximum Gasteiger partial charge on any atom is 0.257 e. The Kier molecular flexibility index (Phi) is 5.41. The number of amides is 1. The molecular weight excluding hydrogens is 392 g/mol. The number of halogens is 1. The third-order valence-corrected chi connectivity index (χ3v) is 6.44. The van der Waals surface area contributed by atoms with Crippen molar-refractivity contribution in [1.82, 2.24) is 4.98 Å². The van der Waals surface area contributed by atoms with Crippen molar-refractivity contribution < 1.29 is 13.2 Å². The van der Waals surface area contributed by atoms with Crippen molar-refractivity contribution >= 4 is 43.8 Å². The number of nitrogens with zero attached hydrogens (tertiary/aromatic N) is 1. The van der Waals surface area contributed by atoms with Crippen LogP contribution in [-0.2, 0) is 9.84 Å². The normalized spacial score (nSPS) is 11.3. The van der Waals surface area contributed by atoms with Gasteiger partial charge >= 0.3 is 0 Å². The van der Waals surface area contributed by atoms with E-state index in [-0.39, 0.29) is 16.2 Å². The van der Waals surface area contributed by atoms with E-state index in [4.69, 9.17) is 11.6 Å². The Hall–Kier alpha value is -2.22. The minimum absolute atomic E-state index is 0.0188. The summed E-state index contributed by atoms with van der Waals surface area (Å²) < 4.78 is 23.9. The average Bonchev–Trinajstić information content (AvgIpc) is 3.11. The summed E-state index contributed by atoms with van der Waals surface area (Å²) in [5.41, 5.74) is 1.88. The highest BCUT2D eigenvalue weighted by atomic mass is 35.5. The Bertz CT molecular complexity index is 1040. The number of nitrogens with one attached hydrogen (secondary N) is 1. The van der Waals surface area contributed by atoms with E-state index in [1.807, 2.05) is 17.5 Å². The van der Waals surface area contributed by atoms with Gasteiger partial charge in [-0.1, -0.05) is 36.7 Å². The van der Waals surface area contributed by atoms with Gasteiger partial charge in [0.25, 0.3) is 5.91 Å². The van der Waals surface area contributed by atoms with Crippen LogP contribution in [0.4, 0.5) is 5.13 Å². The average molecular weight is 407 g/mol. The zero-order valence-corrected chi connectivity index (χ0v) is 16.2. The van der Waals surface area contributed by atoms with E-state index in [1.165, 1.54) is 23.5 Å². The van der Waals surface area contributed by atoms with Gasteiger partial charge in [-0.25, -0.2) is 13.4 Å². The molecule has 0 spiro atoms. The summed E-state index contributed by atoms with van der Waals surface area (Å²) in [6, 6.07) is 13.2. The standard InChI is InChI=1S/C18H15ClN2O3S2/c1-2-26(23,24)15-5-3-4-13(10-15)17(22)21-18-20-16(11-25-18)12-6-8-14(19)9-7-12/h3-11H,2H2,1H3,(H,20,21,22). The predicted octanol–water partition coefficient (Wildman–Crippen LogP) is 4.51. The molecule has 8 heteroatoms. The Labute approximate surface area is 160 Å². The van der Waals surface area contributed by atoms with Crippen LogP contribution in [0.1, 0.15) is 17.3 Å². The predicted molar refractivity (Wildman–Crippen MR) is 105 cm³/mol. The zero-order valence-electron chi connectivity index (χ0n) is 13.8. The monoisotopic (exact) mass is 406 g/mol. The van der Waals surface area contributed by atoms with Crippen LogP contribution in [0.15, 0.2) is 58.8 Å². The highest BCUT2D eigenvalue weighted by molar-refractivity contribution is 7.91. The molecule has 0 atom stereocenters. The van der Waals surface area contributed by atoms with Gasteiger partial charge in [0.15, 0.2) is 15.0 Å². The molecule has 0 aliphatic rings. The number of anilines is 1. The van der Waals surface area contributed by atoms with E-state index in [0.717, 1.165) is 11.3 Å². The van der Waals surface area contributed by atoms with Crippen LogP contribution in [0.2, 0.25) is 5.02 Å². The van der Waals surface area contributed by atoms with Crippen molar-refractivity contribution in [3.63, 3.8) is 0 Å². The molecule has 0 radical (unpaired) electrons. The van der Waals surface area contributed by atoms with Crippen molar-refractivity contribution in [3.8, 4) is 11.3 Å². The number of thiazole rings is 1. The molecule has 1 heterocycles. The summed E-state index contributed by atoms with van der Waals surface area (Å²) in [7, 11) is -3.37. The first-order chi connectivity index (χ1) is 12.4. The number of aromatic nitrogens is 1. The van der Waals surface area contributed by atoms with Crippen molar-refractivity contribution in [2.45, 2.75) is 11.8 Å². The second-order valence-electron chi connectivity index (χ2n) is 5.43. The summed E-state index contributed by atoms with van der Waals surface area (Å²) in [4.78, 5) is 16.9. The lowest BCUT2D eigenvalue weighted by molar-refractivity contribution is 0.102. The topological polar surface area (TPSA) is 76.1 Å².